The van der Waals surface area contributed by atoms with Crippen molar-refractivity contribution in [1.29, 1.82) is 0 Å². The van der Waals surface area contributed by atoms with Gasteiger partial charge in [0.25, 0.3) is 0 Å². The monoisotopic (exact) mass is 378 g/mol. The molecule has 1 saturated heterocycles. The maximum absolute atomic E-state index is 12.2. The molecule has 1 aromatic heterocycles. The summed E-state index contributed by atoms with van der Waals surface area (Å²) in [6.45, 7) is 4.23. The Balaban J connectivity index is 1.36. The maximum atomic E-state index is 12.2. The normalized spacial score (nSPS) is 15.5. The number of thiazole rings is 1. The van der Waals surface area contributed by atoms with E-state index in [0.29, 0.717) is 0 Å². The van der Waals surface area contributed by atoms with Gasteiger partial charge in [-0.15, -0.1) is 11.3 Å². The van der Waals surface area contributed by atoms with E-state index in [1.807, 2.05) is 36.4 Å². The van der Waals surface area contributed by atoms with Crippen molar-refractivity contribution in [3.8, 4) is 0 Å². The highest BCUT2D eigenvalue weighted by molar-refractivity contribution is 7.19. The number of piperazine rings is 1. The molecule has 138 valence electrons. The molecule has 0 atom stereocenters. The number of hydrogen-bond acceptors (Lipinski definition) is 5. The van der Waals surface area contributed by atoms with Gasteiger partial charge in [-0.3, -0.25) is 4.79 Å². The Morgan fingerprint density at radius 2 is 1.81 bits per heavy atom. The predicted octanol–water partition coefficient (Wildman–Crippen LogP) is 3.70. The molecule has 0 unspecified atom stereocenters. The summed E-state index contributed by atoms with van der Waals surface area (Å²) in [5, 5.41) is 3.74. The molecular formula is C21H22N4OS. The standard InChI is InChI=1S/C21H22N4OS/c1-24-12-14-25(15-13-24)17-8-6-16(7-9-17)22-20(26)10-11-21-23-18-4-2-3-5-19(18)27-21/h2-11H,12-15H2,1H3,(H,22,26). The van der Waals surface area contributed by atoms with E-state index in [1.165, 1.54) is 11.8 Å². The molecule has 2 aromatic carbocycles. The molecule has 0 spiro atoms. The van der Waals surface area contributed by atoms with Crippen LogP contribution < -0.4 is 10.2 Å². The number of carbonyl (C=O) groups is 1. The number of fused-ring (bicyclic) bond motifs is 1. The third-order valence-corrected chi connectivity index (χ3v) is 5.69. The zero-order valence-electron chi connectivity index (χ0n) is 15.3. The molecule has 1 amide bonds. The van der Waals surface area contributed by atoms with Crippen molar-refractivity contribution in [3.63, 3.8) is 0 Å². The van der Waals surface area contributed by atoms with Gasteiger partial charge in [0.15, 0.2) is 0 Å². The fraction of sp³-hybridized carbons (Fsp3) is 0.238. The average molecular weight is 379 g/mol. The predicted molar refractivity (Wildman–Crippen MR) is 113 cm³/mol. The van der Waals surface area contributed by atoms with Gasteiger partial charge >= 0.3 is 0 Å². The number of para-hydroxylation sites is 1. The van der Waals surface area contributed by atoms with Crippen LogP contribution in [-0.4, -0.2) is 49.0 Å². The topological polar surface area (TPSA) is 48.5 Å². The van der Waals surface area contributed by atoms with Gasteiger partial charge in [-0.25, -0.2) is 4.98 Å². The third kappa shape index (κ3) is 4.35. The molecule has 1 aliphatic rings. The first-order chi connectivity index (χ1) is 13.2. The number of benzene rings is 2. The molecule has 0 radical (unpaired) electrons. The highest BCUT2D eigenvalue weighted by Gasteiger charge is 2.14. The fourth-order valence-electron chi connectivity index (χ4n) is 3.11. The lowest BCUT2D eigenvalue weighted by Gasteiger charge is -2.34. The van der Waals surface area contributed by atoms with E-state index in [0.717, 1.165) is 47.1 Å². The zero-order valence-corrected chi connectivity index (χ0v) is 16.1. The Morgan fingerprint density at radius 1 is 1.07 bits per heavy atom. The van der Waals surface area contributed by atoms with Gasteiger partial charge in [0.1, 0.15) is 5.01 Å². The van der Waals surface area contributed by atoms with Crippen LogP contribution in [0.5, 0.6) is 0 Å². The number of aromatic nitrogens is 1. The van der Waals surface area contributed by atoms with Crippen LogP contribution in [0.25, 0.3) is 16.3 Å². The van der Waals surface area contributed by atoms with Gasteiger partial charge in [0.05, 0.1) is 10.2 Å². The Morgan fingerprint density at radius 3 is 2.56 bits per heavy atom. The molecular weight excluding hydrogens is 356 g/mol. The van der Waals surface area contributed by atoms with Gasteiger partial charge in [-0.05, 0) is 49.5 Å². The number of nitrogens with one attached hydrogen (secondary N) is 1. The van der Waals surface area contributed by atoms with E-state index in [2.05, 4.69) is 39.3 Å². The van der Waals surface area contributed by atoms with Crippen molar-refractivity contribution in [2.45, 2.75) is 0 Å². The molecule has 1 N–H and O–H groups in total. The number of amides is 1. The molecule has 1 fully saturated rings. The van der Waals surface area contributed by atoms with Crippen molar-refractivity contribution >= 4 is 44.9 Å². The number of likely N-dealkylation sites (N-methyl/N-ethyl adjacent to an activating group) is 1. The number of carbonyl (C=O) groups excluding carboxylic acids is 1. The second-order valence-electron chi connectivity index (χ2n) is 6.68. The summed E-state index contributed by atoms with van der Waals surface area (Å²) in [6, 6.07) is 16.0. The van der Waals surface area contributed by atoms with Crippen LogP contribution >= 0.6 is 11.3 Å². The van der Waals surface area contributed by atoms with Gasteiger partial charge in [-0.1, -0.05) is 12.1 Å². The van der Waals surface area contributed by atoms with Crippen LogP contribution in [0.1, 0.15) is 5.01 Å². The highest BCUT2D eigenvalue weighted by Crippen LogP contribution is 2.23. The quantitative estimate of drug-likeness (QED) is 0.704. The van der Waals surface area contributed by atoms with Crippen LogP contribution in [0, 0.1) is 0 Å². The second kappa shape index (κ2) is 7.90. The summed E-state index contributed by atoms with van der Waals surface area (Å²) in [4.78, 5) is 21.4. The smallest absolute Gasteiger partial charge is 0.248 e. The first-order valence-electron chi connectivity index (χ1n) is 9.05. The van der Waals surface area contributed by atoms with E-state index >= 15 is 0 Å². The molecule has 0 bridgehead atoms. The first-order valence-corrected chi connectivity index (χ1v) is 9.87. The average Bonchev–Trinajstić information content (AvgIpc) is 3.11. The molecule has 1 aliphatic heterocycles. The third-order valence-electron chi connectivity index (χ3n) is 4.69. The molecule has 2 heterocycles. The number of rotatable bonds is 4. The van der Waals surface area contributed by atoms with Crippen LogP contribution in [0.15, 0.2) is 54.6 Å². The van der Waals surface area contributed by atoms with Gasteiger partial charge in [0, 0.05) is 43.6 Å². The van der Waals surface area contributed by atoms with Crippen molar-refractivity contribution < 1.29 is 4.79 Å². The Bertz CT molecular complexity index is 923. The van der Waals surface area contributed by atoms with Crippen LogP contribution in [0.4, 0.5) is 11.4 Å². The first kappa shape index (κ1) is 17.7. The number of nitrogens with zero attached hydrogens (tertiary/aromatic N) is 3. The summed E-state index contributed by atoms with van der Waals surface area (Å²) in [5.41, 5.74) is 2.96. The number of hydrogen-bond donors (Lipinski definition) is 1. The number of anilines is 2. The van der Waals surface area contributed by atoms with Gasteiger partial charge in [0.2, 0.25) is 5.91 Å². The minimum Gasteiger partial charge on any atom is -0.369 e. The summed E-state index contributed by atoms with van der Waals surface area (Å²) in [5.74, 6) is -0.151. The van der Waals surface area contributed by atoms with E-state index in [-0.39, 0.29) is 5.91 Å². The van der Waals surface area contributed by atoms with Gasteiger partial charge < -0.3 is 15.1 Å². The lowest BCUT2D eigenvalue weighted by Crippen LogP contribution is -2.44. The molecule has 0 aliphatic carbocycles. The molecule has 6 heteroatoms. The largest absolute Gasteiger partial charge is 0.369 e. The molecule has 3 aromatic rings. The fourth-order valence-corrected chi connectivity index (χ4v) is 3.98. The molecule has 5 nitrogen and oxygen atoms in total. The SMILES string of the molecule is CN1CCN(c2ccc(NC(=O)C=Cc3nc4ccccc4s3)cc2)CC1. The van der Waals surface area contributed by atoms with E-state index in [9.17, 15) is 4.79 Å². The maximum Gasteiger partial charge on any atom is 0.248 e. The lowest BCUT2D eigenvalue weighted by atomic mass is 10.2. The van der Waals surface area contributed by atoms with Crippen molar-refractivity contribution in [2.24, 2.45) is 0 Å². The minimum absolute atomic E-state index is 0.151. The minimum atomic E-state index is -0.151. The summed E-state index contributed by atoms with van der Waals surface area (Å²) in [7, 11) is 2.15. The van der Waals surface area contributed by atoms with Crippen LogP contribution in [0.2, 0.25) is 0 Å². The Labute approximate surface area is 162 Å². The van der Waals surface area contributed by atoms with Gasteiger partial charge in [-0.2, -0.15) is 0 Å². The highest BCUT2D eigenvalue weighted by atomic mass is 32.1. The molecule has 27 heavy (non-hydrogen) atoms. The van der Waals surface area contributed by atoms with E-state index in [4.69, 9.17) is 0 Å². The van der Waals surface area contributed by atoms with Crippen molar-refractivity contribution in [3.05, 3.63) is 59.6 Å². The summed E-state index contributed by atoms with van der Waals surface area (Å²) < 4.78 is 1.12. The summed E-state index contributed by atoms with van der Waals surface area (Å²) in [6.07, 6.45) is 3.30. The van der Waals surface area contributed by atoms with Crippen LogP contribution in [-0.2, 0) is 4.79 Å². The van der Waals surface area contributed by atoms with E-state index < -0.39 is 0 Å². The zero-order chi connectivity index (χ0) is 18.6. The Kier molecular flexibility index (Phi) is 5.18. The van der Waals surface area contributed by atoms with E-state index in [1.54, 1.807) is 17.4 Å². The molecule has 4 rings (SSSR count). The van der Waals surface area contributed by atoms with Crippen molar-refractivity contribution in [1.82, 2.24) is 9.88 Å². The molecule has 0 saturated carbocycles. The van der Waals surface area contributed by atoms with Crippen molar-refractivity contribution in [2.75, 3.05) is 43.4 Å². The Hall–Kier alpha value is -2.70. The van der Waals surface area contributed by atoms with Crippen LogP contribution in [0.3, 0.4) is 0 Å². The summed E-state index contributed by atoms with van der Waals surface area (Å²) >= 11 is 1.58. The second-order valence-corrected chi connectivity index (χ2v) is 7.74. The lowest BCUT2D eigenvalue weighted by molar-refractivity contribution is -0.111.